The normalized spacial score (nSPS) is 12.5. The monoisotopic (exact) mass is 286 g/mol. The van der Waals surface area contributed by atoms with Gasteiger partial charge in [-0.25, -0.2) is 13.1 Å². The number of hydrogen-bond donors (Lipinski definition) is 2. The summed E-state index contributed by atoms with van der Waals surface area (Å²) in [6, 6.07) is 6.59. The maximum atomic E-state index is 11.8. The van der Waals surface area contributed by atoms with E-state index in [9.17, 15) is 13.5 Å². The second-order valence-corrected chi connectivity index (χ2v) is 6.93. The molecule has 1 aromatic carbocycles. The summed E-state index contributed by atoms with van der Waals surface area (Å²) >= 11 is 0. The van der Waals surface area contributed by atoms with Crippen LogP contribution in [0.3, 0.4) is 0 Å². The van der Waals surface area contributed by atoms with Gasteiger partial charge in [-0.15, -0.1) is 0 Å². The Balaban J connectivity index is 2.88. The van der Waals surface area contributed by atoms with Crippen LogP contribution in [0.25, 0.3) is 0 Å². The Morgan fingerprint density at radius 1 is 1.26 bits per heavy atom. The van der Waals surface area contributed by atoms with E-state index < -0.39 is 15.6 Å². The lowest BCUT2D eigenvalue weighted by Crippen LogP contribution is -2.36. The summed E-state index contributed by atoms with van der Waals surface area (Å²) in [6.07, 6.45) is 0. The van der Waals surface area contributed by atoms with Crippen LogP contribution in [0, 0.1) is 0 Å². The zero-order valence-electron chi connectivity index (χ0n) is 11.8. The van der Waals surface area contributed by atoms with Crippen molar-refractivity contribution >= 4 is 15.7 Å². The number of anilines is 1. The van der Waals surface area contributed by atoms with E-state index in [1.807, 2.05) is 11.9 Å². The Hall–Kier alpha value is -1.11. The second kappa shape index (κ2) is 5.90. The Morgan fingerprint density at radius 3 is 2.21 bits per heavy atom. The number of benzene rings is 1. The third kappa shape index (κ3) is 4.81. The Labute approximate surface area is 115 Å². The highest BCUT2D eigenvalue weighted by Crippen LogP contribution is 2.18. The number of rotatable bonds is 6. The van der Waals surface area contributed by atoms with E-state index in [2.05, 4.69) is 4.72 Å². The number of aliphatic hydroxyl groups is 1. The SMILES string of the molecule is CCNS(=O)(=O)c1ccc(N(C)CC(C)(C)O)cc1. The van der Waals surface area contributed by atoms with Gasteiger partial charge in [0.05, 0.1) is 10.5 Å². The van der Waals surface area contributed by atoms with E-state index in [4.69, 9.17) is 0 Å². The van der Waals surface area contributed by atoms with E-state index in [-0.39, 0.29) is 4.90 Å². The van der Waals surface area contributed by atoms with E-state index in [1.165, 1.54) is 0 Å². The number of nitrogens with zero attached hydrogens (tertiary/aromatic N) is 1. The maximum absolute atomic E-state index is 11.8. The van der Waals surface area contributed by atoms with Gasteiger partial charge in [0.15, 0.2) is 0 Å². The average molecular weight is 286 g/mol. The lowest BCUT2D eigenvalue weighted by molar-refractivity contribution is 0.0886. The first-order valence-corrected chi connectivity index (χ1v) is 7.67. The van der Waals surface area contributed by atoms with E-state index in [0.29, 0.717) is 13.1 Å². The van der Waals surface area contributed by atoms with Gasteiger partial charge in [0.2, 0.25) is 10.0 Å². The number of sulfonamides is 1. The van der Waals surface area contributed by atoms with Gasteiger partial charge >= 0.3 is 0 Å². The number of nitrogens with one attached hydrogen (secondary N) is 1. The molecule has 0 amide bonds. The molecule has 0 saturated carbocycles. The summed E-state index contributed by atoms with van der Waals surface area (Å²) in [5, 5.41) is 9.76. The number of likely N-dealkylation sites (N-methyl/N-ethyl adjacent to an activating group) is 1. The molecule has 1 rings (SSSR count). The van der Waals surface area contributed by atoms with Gasteiger partial charge in [-0.3, -0.25) is 0 Å². The molecule has 5 nitrogen and oxygen atoms in total. The van der Waals surface area contributed by atoms with Crippen LogP contribution >= 0.6 is 0 Å². The molecule has 2 N–H and O–H groups in total. The zero-order chi connectivity index (χ0) is 14.7. The fourth-order valence-corrected chi connectivity index (χ4v) is 2.87. The van der Waals surface area contributed by atoms with Crippen LogP contribution in [0.5, 0.6) is 0 Å². The molecule has 0 spiro atoms. The standard InChI is InChI=1S/C13H22N2O3S/c1-5-14-19(17,18)12-8-6-11(7-9-12)15(4)10-13(2,3)16/h6-9,14,16H,5,10H2,1-4H3. The van der Waals surface area contributed by atoms with Crippen molar-refractivity contribution in [1.82, 2.24) is 4.72 Å². The van der Waals surface area contributed by atoms with Crippen LogP contribution in [0.15, 0.2) is 29.2 Å². The van der Waals surface area contributed by atoms with Crippen molar-refractivity contribution in [2.45, 2.75) is 31.3 Å². The van der Waals surface area contributed by atoms with Crippen molar-refractivity contribution < 1.29 is 13.5 Å². The van der Waals surface area contributed by atoms with Gasteiger partial charge in [0, 0.05) is 25.8 Å². The molecule has 6 heteroatoms. The van der Waals surface area contributed by atoms with Crippen molar-refractivity contribution in [3.63, 3.8) is 0 Å². The maximum Gasteiger partial charge on any atom is 0.240 e. The topological polar surface area (TPSA) is 69.6 Å². The molecule has 0 aliphatic carbocycles. The fraction of sp³-hybridized carbons (Fsp3) is 0.538. The molecule has 0 atom stereocenters. The molecular weight excluding hydrogens is 264 g/mol. The minimum absolute atomic E-state index is 0.245. The summed E-state index contributed by atoms with van der Waals surface area (Å²) in [5.41, 5.74) is 0.0565. The molecule has 0 unspecified atom stereocenters. The van der Waals surface area contributed by atoms with Gasteiger partial charge in [0.25, 0.3) is 0 Å². The second-order valence-electron chi connectivity index (χ2n) is 5.16. The van der Waals surface area contributed by atoms with Crippen LogP contribution in [0.1, 0.15) is 20.8 Å². The van der Waals surface area contributed by atoms with Crippen molar-refractivity contribution in [2.75, 3.05) is 25.0 Å². The number of hydrogen-bond acceptors (Lipinski definition) is 4. The molecule has 0 heterocycles. The van der Waals surface area contributed by atoms with E-state index in [1.54, 1.807) is 45.0 Å². The van der Waals surface area contributed by atoms with Crippen LogP contribution in [-0.4, -0.2) is 39.3 Å². The Kier molecular flexibility index (Phi) is 4.95. The van der Waals surface area contributed by atoms with Crippen molar-refractivity contribution in [1.29, 1.82) is 0 Å². The minimum Gasteiger partial charge on any atom is -0.389 e. The minimum atomic E-state index is -3.41. The zero-order valence-corrected chi connectivity index (χ0v) is 12.7. The predicted molar refractivity (Wildman–Crippen MR) is 76.9 cm³/mol. The van der Waals surface area contributed by atoms with Gasteiger partial charge in [-0.05, 0) is 38.1 Å². The molecular formula is C13H22N2O3S. The summed E-state index contributed by atoms with van der Waals surface area (Å²) in [7, 11) is -1.55. The fourth-order valence-electron chi connectivity index (χ4n) is 1.82. The smallest absolute Gasteiger partial charge is 0.240 e. The summed E-state index contributed by atoms with van der Waals surface area (Å²) in [5.74, 6) is 0. The molecule has 0 aromatic heterocycles. The van der Waals surface area contributed by atoms with Crippen LogP contribution in [0.4, 0.5) is 5.69 Å². The van der Waals surface area contributed by atoms with Crippen LogP contribution in [0.2, 0.25) is 0 Å². The highest BCUT2D eigenvalue weighted by molar-refractivity contribution is 7.89. The molecule has 0 bridgehead atoms. The van der Waals surface area contributed by atoms with Gasteiger partial charge < -0.3 is 10.0 Å². The van der Waals surface area contributed by atoms with Crippen molar-refractivity contribution in [2.24, 2.45) is 0 Å². The third-order valence-electron chi connectivity index (χ3n) is 2.55. The molecule has 0 aliphatic heterocycles. The van der Waals surface area contributed by atoms with Gasteiger partial charge in [-0.1, -0.05) is 6.92 Å². The summed E-state index contributed by atoms with van der Waals surface area (Å²) in [6.45, 7) is 6.03. The van der Waals surface area contributed by atoms with Crippen molar-refractivity contribution in [3.8, 4) is 0 Å². The summed E-state index contributed by atoms with van der Waals surface area (Å²) in [4.78, 5) is 2.12. The predicted octanol–water partition coefficient (Wildman–Crippen LogP) is 1.19. The first-order valence-electron chi connectivity index (χ1n) is 6.19. The van der Waals surface area contributed by atoms with Crippen molar-refractivity contribution in [3.05, 3.63) is 24.3 Å². The van der Waals surface area contributed by atoms with E-state index in [0.717, 1.165) is 5.69 Å². The first kappa shape index (κ1) is 15.9. The molecule has 108 valence electrons. The third-order valence-corrected chi connectivity index (χ3v) is 4.11. The first-order chi connectivity index (χ1) is 8.65. The molecule has 0 radical (unpaired) electrons. The molecule has 19 heavy (non-hydrogen) atoms. The van der Waals surface area contributed by atoms with E-state index >= 15 is 0 Å². The highest BCUT2D eigenvalue weighted by Gasteiger charge is 2.17. The van der Waals surface area contributed by atoms with Crippen LogP contribution in [-0.2, 0) is 10.0 Å². The largest absolute Gasteiger partial charge is 0.389 e. The lowest BCUT2D eigenvalue weighted by atomic mass is 10.1. The van der Waals surface area contributed by atoms with Crippen LogP contribution < -0.4 is 9.62 Å². The molecule has 0 fully saturated rings. The average Bonchev–Trinajstić information content (AvgIpc) is 2.27. The molecule has 0 aliphatic rings. The Bertz CT molecular complexity index is 504. The van der Waals surface area contributed by atoms with Gasteiger partial charge in [-0.2, -0.15) is 0 Å². The molecule has 0 saturated heterocycles. The highest BCUT2D eigenvalue weighted by atomic mass is 32.2. The van der Waals surface area contributed by atoms with Gasteiger partial charge in [0.1, 0.15) is 0 Å². The Morgan fingerprint density at radius 2 is 1.79 bits per heavy atom. The summed E-state index contributed by atoms with van der Waals surface area (Å²) < 4.78 is 26.0. The lowest BCUT2D eigenvalue weighted by Gasteiger charge is -2.27. The quantitative estimate of drug-likeness (QED) is 0.824. The molecule has 1 aromatic rings.